The number of rotatable bonds is 9. The van der Waals surface area contributed by atoms with Gasteiger partial charge in [0.25, 0.3) is 17.7 Å². The number of primary amides is 1. The highest BCUT2D eigenvalue weighted by Gasteiger charge is 2.55. The first kappa shape index (κ1) is 25.1. The highest BCUT2D eigenvalue weighted by atomic mass is 32.2. The molecule has 0 unspecified atom stereocenters. The molecule has 1 aromatic heterocycles. The number of nitrogens with two attached hydrogens (primary N) is 1. The number of carbonyl (C=O) groups is 5. The maximum atomic E-state index is 13.1. The Hall–Kier alpha value is -4.05. The van der Waals surface area contributed by atoms with Gasteiger partial charge in [-0.2, -0.15) is 0 Å². The zero-order valence-electron chi connectivity index (χ0n) is 18.5. The number of oxime groups is 1. The van der Waals surface area contributed by atoms with Crippen LogP contribution in [0.4, 0.5) is 4.79 Å². The quantitative estimate of drug-likeness (QED) is 0.117. The molecule has 6 N–H and O–H groups in total. The molecule has 1 saturated carbocycles. The molecule has 15 nitrogen and oxygen atoms in total. The second kappa shape index (κ2) is 9.90. The predicted molar refractivity (Wildman–Crippen MR) is 118 cm³/mol. The molecular formula is C20H21N5O10S. The first-order valence-electron chi connectivity index (χ1n) is 10.6. The van der Waals surface area contributed by atoms with E-state index in [4.69, 9.17) is 20.2 Å². The number of β-lactam (4-membered cyclic amide) rings is 1. The summed E-state index contributed by atoms with van der Waals surface area (Å²) in [7, 11) is 0. The lowest BCUT2D eigenvalue weighted by Gasteiger charge is -2.49. The van der Waals surface area contributed by atoms with Gasteiger partial charge in [-0.05, 0) is 31.4 Å². The second-order valence-corrected chi connectivity index (χ2v) is 9.13. The first-order chi connectivity index (χ1) is 17.2. The summed E-state index contributed by atoms with van der Waals surface area (Å²) in [5, 5.41) is 24.2. The van der Waals surface area contributed by atoms with Crippen molar-refractivity contribution in [3.05, 3.63) is 35.4 Å². The molecule has 0 bridgehead atoms. The Morgan fingerprint density at radius 2 is 2.08 bits per heavy atom. The molecular weight excluding hydrogens is 502 g/mol. The lowest BCUT2D eigenvalue weighted by molar-refractivity contribution is -0.169. The molecule has 1 aromatic rings. The van der Waals surface area contributed by atoms with Crippen molar-refractivity contribution in [2.75, 3.05) is 12.4 Å². The van der Waals surface area contributed by atoms with Gasteiger partial charge in [-0.1, -0.05) is 5.16 Å². The number of hydrogen-bond donors (Lipinski definition) is 5. The van der Waals surface area contributed by atoms with E-state index in [0.717, 1.165) is 16.7 Å². The molecule has 2 atom stereocenters. The highest BCUT2D eigenvalue weighted by Crippen LogP contribution is 2.40. The SMILES string of the molecule is NC(=O)OCC1=C(C(=O)O)N2C(=O)[C@@H](NC(=O)/C(=N\OC3(C(=O)NO)CCC3)c3ccco3)[C@H]2SC1. The van der Waals surface area contributed by atoms with Crippen molar-refractivity contribution in [3.63, 3.8) is 0 Å². The van der Waals surface area contributed by atoms with Crippen molar-refractivity contribution in [1.29, 1.82) is 0 Å². The van der Waals surface area contributed by atoms with Gasteiger partial charge in [0.05, 0.1) is 6.26 Å². The van der Waals surface area contributed by atoms with E-state index in [1.165, 1.54) is 23.9 Å². The van der Waals surface area contributed by atoms with Crippen LogP contribution in [-0.2, 0) is 28.8 Å². The Morgan fingerprint density at radius 1 is 1.33 bits per heavy atom. The van der Waals surface area contributed by atoms with E-state index in [1.807, 2.05) is 0 Å². The number of carboxylic acid groups (broad SMARTS) is 1. The summed E-state index contributed by atoms with van der Waals surface area (Å²) in [5.74, 6) is -3.69. The minimum atomic E-state index is -1.44. The van der Waals surface area contributed by atoms with Crippen LogP contribution in [0.1, 0.15) is 25.0 Å². The molecule has 4 rings (SSSR count). The standard InChI is InChI=1S/C20H21N5O10S/c21-19(31)34-7-9-8-36-16-12(15(27)25(16)13(9)17(28)29)22-14(26)11(10-3-1-6-33-10)24-35-20(4-2-5-20)18(30)23-32/h1,3,6,12,16,32H,2,4-5,7-8H2,(H2,21,31)(H,22,26)(H,23,30)(H,28,29)/b24-11-/t12-,16-/m1/s1. The number of aliphatic carboxylic acids is 1. The number of carbonyl (C=O) groups excluding carboxylic acids is 4. The third-order valence-electron chi connectivity index (χ3n) is 5.88. The average Bonchev–Trinajstić information content (AvgIpc) is 3.35. The van der Waals surface area contributed by atoms with Gasteiger partial charge in [-0.15, -0.1) is 11.8 Å². The summed E-state index contributed by atoms with van der Waals surface area (Å²) >= 11 is 1.16. The van der Waals surface area contributed by atoms with Crippen LogP contribution >= 0.6 is 11.8 Å². The number of nitrogens with zero attached hydrogens (tertiary/aromatic N) is 2. The van der Waals surface area contributed by atoms with E-state index >= 15 is 0 Å². The van der Waals surface area contributed by atoms with Crippen molar-refractivity contribution < 1.29 is 48.3 Å². The lowest BCUT2D eigenvalue weighted by atomic mass is 9.79. The zero-order valence-corrected chi connectivity index (χ0v) is 19.3. The van der Waals surface area contributed by atoms with Gasteiger partial charge < -0.3 is 30.1 Å². The van der Waals surface area contributed by atoms with E-state index in [9.17, 15) is 29.1 Å². The second-order valence-electron chi connectivity index (χ2n) is 8.02. The monoisotopic (exact) mass is 523 g/mol. The fourth-order valence-corrected chi connectivity index (χ4v) is 5.19. The smallest absolute Gasteiger partial charge is 0.404 e. The van der Waals surface area contributed by atoms with Crippen LogP contribution in [0, 0.1) is 0 Å². The van der Waals surface area contributed by atoms with Gasteiger partial charge in [0.1, 0.15) is 23.7 Å². The van der Waals surface area contributed by atoms with Crippen molar-refractivity contribution in [3.8, 4) is 0 Å². The average molecular weight is 523 g/mol. The zero-order chi connectivity index (χ0) is 26.0. The largest absolute Gasteiger partial charge is 0.477 e. The Balaban J connectivity index is 1.52. The third-order valence-corrected chi connectivity index (χ3v) is 7.22. The third kappa shape index (κ3) is 4.47. The number of fused-ring (bicyclic) bond motifs is 1. The number of furan rings is 1. The number of amides is 4. The summed E-state index contributed by atoms with van der Waals surface area (Å²) < 4.78 is 9.91. The van der Waals surface area contributed by atoms with Gasteiger partial charge in [-0.3, -0.25) is 24.5 Å². The van der Waals surface area contributed by atoms with E-state index in [0.29, 0.717) is 6.42 Å². The van der Waals surface area contributed by atoms with Crippen LogP contribution in [0.25, 0.3) is 0 Å². The molecule has 0 radical (unpaired) electrons. The topological polar surface area (TPSA) is 223 Å². The number of carboxylic acids is 1. The summed E-state index contributed by atoms with van der Waals surface area (Å²) in [4.78, 5) is 67.0. The minimum Gasteiger partial charge on any atom is -0.477 e. The number of nitrogens with one attached hydrogen (secondary N) is 2. The van der Waals surface area contributed by atoms with Crippen molar-refractivity contribution in [2.24, 2.45) is 10.9 Å². The molecule has 0 aromatic carbocycles. The maximum Gasteiger partial charge on any atom is 0.404 e. The van der Waals surface area contributed by atoms with Crippen LogP contribution in [0.3, 0.4) is 0 Å². The Labute approximate surface area is 206 Å². The molecule has 0 spiro atoms. The molecule has 1 aliphatic carbocycles. The first-order valence-corrected chi connectivity index (χ1v) is 11.6. The van der Waals surface area contributed by atoms with E-state index in [1.54, 1.807) is 0 Å². The van der Waals surface area contributed by atoms with Crippen molar-refractivity contribution in [2.45, 2.75) is 36.3 Å². The van der Waals surface area contributed by atoms with Gasteiger partial charge in [0.2, 0.25) is 11.3 Å². The molecule has 2 fully saturated rings. The predicted octanol–water partition coefficient (Wildman–Crippen LogP) is -0.738. The number of ether oxygens (including phenoxy) is 1. The maximum absolute atomic E-state index is 13.1. The molecule has 192 valence electrons. The van der Waals surface area contributed by atoms with Crippen LogP contribution < -0.4 is 16.5 Å². The lowest BCUT2D eigenvalue weighted by Crippen LogP contribution is -2.71. The summed E-state index contributed by atoms with van der Waals surface area (Å²) in [5.41, 5.74) is 4.48. The normalized spacial score (nSPS) is 22.5. The Morgan fingerprint density at radius 3 is 2.64 bits per heavy atom. The summed E-state index contributed by atoms with van der Waals surface area (Å²) in [6.45, 7) is -0.396. The number of hydroxylamine groups is 1. The van der Waals surface area contributed by atoms with E-state index in [2.05, 4.69) is 15.2 Å². The molecule has 3 aliphatic rings. The minimum absolute atomic E-state index is 0.0108. The Bertz CT molecular complexity index is 1160. The van der Waals surface area contributed by atoms with Crippen molar-refractivity contribution >= 4 is 47.3 Å². The fraction of sp³-hybridized carbons (Fsp3) is 0.400. The van der Waals surface area contributed by atoms with Crippen LogP contribution in [0.2, 0.25) is 0 Å². The fourth-order valence-electron chi connectivity index (χ4n) is 3.87. The van der Waals surface area contributed by atoms with Gasteiger partial charge in [0, 0.05) is 11.3 Å². The van der Waals surface area contributed by atoms with E-state index in [-0.39, 0.29) is 41.3 Å². The molecule has 36 heavy (non-hydrogen) atoms. The van der Waals surface area contributed by atoms with Crippen LogP contribution in [0.15, 0.2) is 39.2 Å². The number of hydrogen-bond acceptors (Lipinski definition) is 11. The summed E-state index contributed by atoms with van der Waals surface area (Å²) in [6.07, 6.45) is 1.35. The molecule has 1 saturated heterocycles. The molecule has 2 aliphatic heterocycles. The van der Waals surface area contributed by atoms with Crippen molar-refractivity contribution in [1.82, 2.24) is 15.7 Å². The highest BCUT2D eigenvalue weighted by molar-refractivity contribution is 8.00. The number of thioether (sulfide) groups is 1. The van der Waals surface area contributed by atoms with Gasteiger partial charge in [0.15, 0.2) is 5.76 Å². The van der Waals surface area contributed by atoms with Gasteiger partial charge in [-0.25, -0.2) is 15.1 Å². The molecule has 16 heteroatoms. The van der Waals surface area contributed by atoms with Gasteiger partial charge >= 0.3 is 12.1 Å². The van der Waals surface area contributed by atoms with E-state index < -0.39 is 53.4 Å². The van der Waals surface area contributed by atoms with Crippen LogP contribution in [-0.4, -0.2) is 80.1 Å². The Kier molecular flexibility index (Phi) is 6.89. The molecule has 4 amide bonds. The van der Waals surface area contributed by atoms with Crippen LogP contribution in [0.5, 0.6) is 0 Å². The molecule has 3 heterocycles. The summed E-state index contributed by atoms with van der Waals surface area (Å²) in [6, 6.07) is 1.81.